The highest BCUT2D eigenvalue weighted by atomic mass is 16.3. The number of aliphatic hydroxyl groups excluding tert-OH is 2. The molecule has 1 aliphatic rings. The maximum absolute atomic E-state index is 11.9. The van der Waals surface area contributed by atoms with Crippen LogP contribution in [0.2, 0.25) is 0 Å². The molecule has 2 atom stereocenters. The third-order valence-corrected chi connectivity index (χ3v) is 3.30. The zero-order valence-electron chi connectivity index (χ0n) is 10.5. The van der Waals surface area contributed by atoms with Crippen LogP contribution in [0, 0.1) is 0 Å². The van der Waals surface area contributed by atoms with Crippen LogP contribution in [-0.4, -0.2) is 45.7 Å². The monoisotopic (exact) mass is 263 g/mol. The summed E-state index contributed by atoms with van der Waals surface area (Å²) in [5, 5.41) is 18.8. The number of amides is 2. The second kappa shape index (κ2) is 5.95. The lowest BCUT2D eigenvalue weighted by Crippen LogP contribution is -2.53. The number of aliphatic hydroxyl groups is 2. The number of nitrogens with zero attached hydrogens (tertiary/aromatic N) is 1. The zero-order chi connectivity index (χ0) is 13.8. The van der Waals surface area contributed by atoms with Crippen molar-refractivity contribution in [1.29, 1.82) is 0 Å². The quantitative estimate of drug-likeness (QED) is 0.811. The highest BCUT2D eigenvalue weighted by molar-refractivity contribution is 5.98. The minimum Gasteiger partial charge on any atom is -0.390 e. The Morgan fingerprint density at radius 1 is 1.26 bits per heavy atom. The van der Waals surface area contributed by atoms with Crippen molar-refractivity contribution in [2.24, 2.45) is 0 Å². The molecule has 0 radical (unpaired) electrons. The first-order valence-corrected chi connectivity index (χ1v) is 6.34. The second-order valence-electron chi connectivity index (χ2n) is 4.67. The highest BCUT2D eigenvalue weighted by Gasteiger charge is 2.36. The van der Waals surface area contributed by atoms with E-state index in [1.165, 1.54) is 0 Å². The second-order valence-corrected chi connectivity index (χ2v) is 4.67. The van der Waals surface area contributed by atoms with Crippen LogP contribution in [0.1, 0.15) is 18.4 Å². The SMILES string of the molecule is O=C(CCc1ccccc1)N1CCC(O)C(O)C1=O. The third-order valence-electron chi connectivity index (χ3n) is 3.30. The molecule has 1 fully saturated rings. The van der Waals surface area contributed by atoms with Crippen LogP contribution in [0.15, 0.2) is 30.3 Å². The topological polar surface area (TPSA) is 77.8 Å². The van der Waals surface area contributed by atoms with Gasteiger partial charge in [0.05, 0.1) is 6.10 Å². The summed E-state index contributed by atoms with van der Waals surface area (Å²) in [6, 6.07) is 9.53. The first-order chi connectivity index (χ1) is 9.09. The number of imide groups is 1. The molecule has 19 heavy (non-hydrogen) atoms. The lowest BCUT2D eigenvalue weighted by molar-refractivity contribution is -0.160. The van der Waals surface area contributed by atoms with E-state index < -0.39 is 18.1 Å². The molecular weight excluding hydrogens is 246 g/mol. The lowest BCUT2D eigenvalue weighted by Gasteiger charge is -2.31. The van der Waals surface area contributed by atoms with Crippen molar-refractivity contribution in [2.75, 3.05) is 6.54 Å². The summed E-state index contributed by atoms with van der Waals surface area (Å²) in [6.07, 6.45) is -1.54. The minimum atomic E-state index is -1.48. The Morgan fingerprint density at radius 3 is 2.63 bits per heavy atom. The summed E-state index contributed by atoms with van der Waals surface area (Å²) in [6.45, 7) is 0.171. The summed E-state index contributed by atoms with van der Waals surface area (Å²) in [7, 11) is 0. The van der Waals surface area contributed by atoms with Gasteiger partial charge in [-0.15, -0.1) is 0 Å². The van der Waals surface area contributed by atoms with Gasteiger partial charge >= 0.3 is 0 Å². The standard InChI is InChI=1S/C14H17NO4/c16-11-8-9-15(14(19)13(11)18)12(17)7-6-10-4-2-1-3-5-10/h1-5,11,13,16,18H,6-9H2. The van der Waals surface area contributed by atoms with Gasteiger partial charge in [-0.25, -0.2) is 0 Å². The normalized spacial score (nSPS) is 23.5. The van der Waals surface area contributed by atoms with Gasteiger partial charge in [0.1, 0.15) is 0 Å². The van der Waals surface area contributed by atoms with E-state index in [9.17, 15) is 19.8 Å². The smallest absolute Gasteiger partial charge is 0.260 e. The van der Waals surface area contributed by atoms with Crippen LogP contribution in [0.4, 0.5) is 0 Å². The van der Waals surface area contributed by atoms with Crippen LogP contribution < -0.4 is 0 Å². The molecule has 1 saturated heterocycles. The molecule has 2 rings (SSSR count). The van der Waals surface area contributed by atoms with Gasteiger partial charge in [0.15, 0.2) is 6.10 Å². The Hall–Kier alpha value is -1.72. The Kier molecular flexibility index (Phi) is 4.29. The number of aryl methyl sites for hydroxylation is 1. The molecule has 1 heterocycles. The molecule has 2 amide bonds. The lowest BCUT2D eigenvalue weighted by atomic mass is 10.0. The Labute approximate surface area is 111 Å². The van der Waals surface area contributed by atoms with E-state index in [1.807, 2.05) is 30.3 Å². The van der Waals surface area contributed by atoms with Gasteiger partial charge in [-0.1, -0.05) is 30.3 Å². The molecule has 1 aliphatic heterocycles. The first kappa shape index (κ1) is 13.7. The molecule has 102 valence electrons. The van der Waals surface area contributed by atoms with Crippen molar-refractivity contribution < 1.29 is 19.8 Å². The van der Waals surface area contributed by atoms with Crippen LogP contribution in [0.25, 0.3) is 0 Å². The van der Waals surface area contributed by atoms with Crippen LogP contribution >= 0.6 is 0 Å². The number of rotatable bonds is 3. The van der Waals surface area contributed by atoms with Crippen molar-refractivity contribution in [3.8, 4) is 0 Å². The fraction of sp³-hybridized carbons (Fsp3) is 0.429. The number of benzene rings is 1. The fourth-order valence-electron chi connectivity index (χ4n) is 2.13. The van der Waals surface area contributed by atoms with Gasteiger partial charge in [0, 0.05) is 13.0 Å². The number of hydrogen-bond acceptors (Lipinski definition) is 4. The first-order valence-electron chi connectivity index (χ1n) is 6.34. The van der Waals surface area contributed by atoms with E-state index in [2.05, 4.69) is 0 Å². The predicted molar refractivity (Wildman–Crippen MR) is 68.1 cm³/mol. The number of piperidine rings is 1. The summed E-state index contributed by atoms with van der Waals surface area (Å²) < 4.78 is 0. The van der Waals surface area contributed by atoms with Crippen molar-refractivity contribution in [3.05, 3.63) is 35.9 Å². The van der Waals surface area contributed by atoms with E-state index in [1.54, 1.807) is 0 Å². The van der Waals surface area contributed by atoms with Crippen LogP contribution in [0.3, 0.4) is 0 Å². The molecule has 0 saturated carbocycles. The van der Waals surface area contributed by atoms with Crippen molar-refractivity contribution >= 4 is 11.8 Å². The van der Waals surface area contributed by atoms with E-state index in [-0.39, 0.29) is 25.3 Å². The highest BCUT2D eigenvalue weighted by Crippen LogP contribution is 2.14. The summed E-state index contributed by atoms with van der Waals surface area (Å²) in [4.78, 5) is 24.7. The predicted octanol–water partition coefficient (Wildman–Crippen LogP) is 0.0999. The molecule has 1 aromatic carbocycles. The molecular formula is C14H17NO4. The molecule has 0 spiro atoms. The minimum absolute atomic E-state index is 0.171. The molecule has 5 heteroatoms. The Morgan fingerprint density at radius 2 is 1.95 bits per heavy atom. The number of hydrogen-bond donors (Lipinski definition) is 2. The number of likely N-dealkylation sites (tertiary alicyclic amines) is 1. The van der Waals surface area contributed by atoms with Crippen molar-refractivity contribution in [1.82, 2.24) is 4.90 Å². The van der Waals surface area contributed by atoms with Gasteiger partial charge in [-0.3, -0.25) is 14.5 Å². The van der Waals surface area contributed by atoms with Crippen molar-refractivity contribution in [2.45, 2.75) is 31.5 Å². The van der Waals surface area contributed by atoms with Crippen LogP contribution in [0.5, 0.6) is 0 Å². The largest absolute Gasteiger partial charge is 0.390 e. The summed E-state index contributed by atoms with van der Waals surface area (Å²) >= 11 is 0. The van der Waals surface area contributed by atoms with Crippen molar-refractivity contribution in [3.63, 3.8) is 0 Å². The van der Waals surface area contributed by atoms with Gasteiger partial charge in [0.2, 0.25) is 5.91 Å². The third kappa shape index (κ3) is 3.19. The number of carbonyl (C=O) groups excluding carboxylic acids is 2. The molecule has 0 aliphatic carbocycles. The molecule has 0 bridgehead atoms. The number of carbonyl (C=O) groups is 2. The molecule has 0 aromatic heterocycles. The Bertz CT molecular complexity index is 460. The van der Waals surface area contributed by atoms with E-state index in [4.69, 9.17) is 0 Å². The van der Waals surface area contributed by atoms with Gasteiger partial charge in [-0.05, 0) is 18.4 Å². The average molecular weight is 263 g/mol. The molecule has 5 nitrogen and oxygen atoms in total. The molecule has 1 aromatic rings. The van der Waals surface area contributed by atoms with Gasteiger partial charge in [0.25, 0.3) is 5.91 Å². The summed E-state index contributed by atoms with van der Waals surface area (Å²) in [5.41, 5.74) is 1.03. The molecule has 2 unspecified atom stereocenters. The maximum atomic E-state index is 11.9. The average Bonchev–Trinajstić information content (AvgIpc) is 2.43. The van der Waals surface area contributed by atoms with Gasteiger partial charge in [-0.2, -0.15) is 0 Å². The van der Waals surface area contributed by atoms with Gasteiger partial charge < -0.3 is 10.2 Å². The summed E-state index contributed by atoms with van der Waals surface area (Å²) in [5.74, 6) is -1.00. The van der Waals surface area contributed by atoms with Crippen LogP contribution in [-0.2, 0) is 16.0 Å². The van der Waals surface area contributed by atoms with E-state index in [0.717, 1.165) is 10.5 Å². The fourth-order valence-corrected chi connectivity index (χ4v) is 2.13. The maximum Gasteiger partial charge on any atom is 0.260 e. The molecule has 2 N–H and O–H groups in total. The van der Waals surface area contributed by atoms with E-state index in [0.29, 0.717) is 6.42 Å². The zero-order valence-corrected chi connectivity index (χ0v) is 10.5. The Balaban J connectivity index is 1.92. The van der Waals surface area contributed by atoms with E-state index >= 15 is 0 Å².